The second-order valence-electron chi connectivity index (χ2n) is 11.5. The molecule has 6 aromatic carbocycles. The lowest BCUT2D eigenvalue weighted by Gasteiger charge is -2.10. The molecule has 4 heteroatoms. The fourth-order valence-corrected chi connectivity index (χ4v) is 6.61. The third-order valence-electron chi connectivity index (χ3n) is 8.66. The van der Waals surface area contributed by atoms with Crippen molar-refractivity contribution in [2.45, 2.75) is 6.92 Å². The minimum Gasteiger partial charge on any atom is -0.451 e. The van der Waals surface area contributed by atoms with E-state index in [1.807, 2.05) is 18.2 Å². The van der Waals surface area contributed by atoms with Crippen LogP contribution in [0.5, 0.6) is 0 Å². The summed E-state index contributed by atoms with van der Waals surface area (Å²) in [5.74, 6) is 0.687. The van der Waals surface area contributed by atoms with Crippen molar-refractivity contribution in [2.24, 2.45) is 0 Å². The Morgan fingerprint density at radius 2 is 1.16 bits per heavy atom. The molecule has 212 valence electrons. The number of furan rings is 1. The Balaban J connectivity index is 1.28. The fourth-order valence-electron chi connectivity index (χ4n) is 6.61. The Bertz CT molecular complexity index is 2500. The molecule has 0 radical (unpaired) electrons. The maximum absolute atomic E-state index is 6.78. The molecule has 9 rings (SSSR count). The van der Waals surface area contributed by atoms with Crippen LogP contribution in [0.25, 0.3) is 83.3 Å². The molecule has 4 nitrogen and oxygen atoms in total. The van der Waals surface area contributed by atoms with Gasteiger partial charge in [-0.05, 0) is 48.9 Å². The first-order valence-corrected chi connectivity index (χ1v) is 15.2. The average molecular weight is 578 g/mol. The highest BCUT2D eigenvalue weighted by Gasteiger charge is 2.21. The van der Waals surface area contributed by atoms with Gasteiger partial charge in [-0.25, -0.2) is 9.97 Å². The Morgan fingerprint density at radius 1 is 0.511 bits per heavy atom. The van der Waals surface area contributed by atoms with E-state index in [-0.39, 0.29) is 0 Å². The molecule has 0 atom stereocenters. The molecule has 0 amide bonds. The van der Waals surface area contributed by atoms with Crippen LogP contribution in [-0.4, -0.2) is 14.5 Å². The highest BCUT2D eigenvalue weighted by molar-refractivity contribution is 6.12. The number of aromatic nitrogens is 3. The van der Waals surface area contributed by atoms with Crippen LogP contribution in [0, 0.1) is 6.92 Å². The number of nitrogens with zero attached hydrogens (tertiary/aromatic N) is 3. The van der Waals surface area contributed by atoms with Crippen LogP contribution >= 0.6 is 0 Å². The van der Waals surface area contributed by atoms with Crippen LogP contribution in [0.15, 0.2) is 150 Å². The van der Waals surface area contributed by atoms with Gasteiger partial charge >= 0.3 is 0 Å². The molecule has 0 bridgehead atoms. The molecule has 0 aliphatic heterocycles. The van der Waals surface area contributed by atoms with Crippen molar-refractivity contribution in [3.63, 3.8) is 0 Å². The van der Waals surface area contributed by atoms with Gasteiger partial charge in [0.15, 0.2) is 11.4 Å². The third kappa shape index (κ3) is 4.07. The van der Waals surface area contributed by atoms with Gasteiger partial charge in [-0.2, -0.15) is 0 Å². The van der Waals surface area contributed by atoms with E-state index >= 15 is 0 Å². The molecule has 0 saturated carbocycles. The number of para-hydroxylation sites is 3. The second-order valence-corrected chi connectivity index (χ2v) is 11.5. The number of benzene rings is 6. The van der Waals surface area contributed by atoms with Crippen molar-refractivity contribution >= 4 is 43.9 Å². The summed E-state index contributed by atoms with van der Waals surface area (Å²) >= 11 is 0. The van der Waals surface area contributed by atoms with Crippen molar-refractivity contribution in [1.29, 1.82) is 0 Å². The first-order valence-electron chi connectivity index (χ1n) is 15.2. The van der Waals surface area contributed by atoms with Gasteiger partial charge in [-0.15, -0.1) is 0 Å². The van der Waals surface area contributed by atoms with Crippen molar-refractivity contribution in [3.8, 4) is 39.5 Å². The molecular weight excluding hydrogens is 550 g/mol. The summed E-state index contributed by atoms with van der Waals surface area (Å²) in [5, 5.41) is 3.46. The van der Waals surface area contributed by atoms with E-state index in [1.54, 1.807) is 0 Å². The van der Waals surface area contributed by atoms with Gasteiger partial charge in [0.1, 0.15) is 16.8 Å². The van der Waals surface area contributed by atoms with E-state index < -0.39 is 0 Å². The molecule has 0 unspecified atom stereocenters. The van der Waals surface area contributed by atoms with Crippen LogP contribution in [0.3, 0.4) is 0 Å². The summed E-state index contributed by atoms with van der Waals surface area (Å²) in [6, 6.07) is 50.8. The second kappa shape index (κ2) is 10.0. The first-order chi connectivity index (χ1) is 22.2. The number of rotatable bonds is 4. The summed E-state index contributed by atoms with van der Waals surface area (Å²) in [4.78, 5) is 10.2. The average Bonchev–Trinajstić information content (AvgIpc) is 3.64. The van der Waals surface area contributed by atoms with Gasteiger partial charge in [0.2, 0.25) is 0 Å². The molecule has 0 spiro atoms. The highest BCUT2D eigenvalue weighted by atomic mass is 16.3. The minimum absolute atomic E-state index is 0.687. The van der Waals surface area contributed by atoms with E-state index in [4.69, 9.17) is 14.4 Å². The molecule has 0 aliphatic rings. The predicted molar refractivity (Wildman–Crippen MR) is 185 cm³/mol. The standard InChI is InChI=1S/C41H27N3O/c1-26-12-9-16-29(24-26)41-42-37(27-13-3-2-4-14-27)40-38(43-41)34-21-11-20-31(39(34)45-40)28-15-10-17-30(25-28)44-35-22-7-5-18-32(35)33-19-6-8-23-36(33)44/h2-25H,1H3. The van der Waals surface area contributed by atoms with Gasteiger partial charge in [0.05, 0.1) is 11.0 Å². The first kappa shape index (κ1) is 25.5. The molecular formula is C41H27N3O. The number of aryl methyl sites for hydroxylation is 1. The molecule has 0 aliphatic carbocycles. The molecule has 3 aromatic heterocycles. The zero-order valence-electron chi connectivity index (χ0n) is 24.6. The van der Waals surface area contributed by atoms with Gasteiger partial charge in [-0.1, -0.05) is 115 Å². The Morgan fingerprint density at radius 3 is 1.93 bits per heavy atom. The van der Waals surface area contributed by atoms with Gasteiger partial charge in [-0.3, -0.25) is 0 Å². The Kier molecular flexibility index (Phi) is 5.69. The molecule has 9 aromatic rings. The largest absolute Gasteiger partial charge is 0.451 e. The molecule has 0 saturated heterocycles. The van der Waals surface area contributed by atoms with E-state index in [0.717, 1.165) is 50.1 Å². The van der Waals surface area contributed by atoms with Crippen molar-refractivity contribution < 1.29 is 4.42 Å². The van der Waals surface area contributed by atoms with Crippen LogP contribution in [-0.2, 0) is 0 Å². The maximum atomic E-state index is 6.78. The quantitative estimate of drug-likeness (QED) is 0.209. The summed E-state index contributed by atoms with van der Waals surface area (Å²) in [5.41, 5.74) is 11.8. The van der Waals surface area contributed by atoms with Crippen LogP contribution in [0.2, 0.25) is 0 Å². The Labute approximate surface area is 259 Å². The van der Waals surface area contributed by atoms with E-state index in [9.17, 15) is 0 Å². The van der Waals surface area contributed by atoms with E-state index in [1.165, 1.54) is 27.4 Å². The molecule has 45 heavy (non-hydrogen) atoms. The minimum atomic E-state index is 0.687. The van der Waals surface area contributed by atoms with Gasteiger partial charge in [0.25, 0.3) is 0 Å². The van der Waals surface area contributed by atoms with E-state index in [2.05, 4.69) is 139 Å². The molecule has 0 fully saturated rings. The van der Waals surface area contributed by atoms with Crippen LogP contribution in [0.1, 0.15) is 5.56 Å². The summed E-state index contributed by atoms with van der Waals surface area (Å²) in [6.07, 6.45) is 0. The molecule has 3 heterocycles. The predicted octanol–water partition coefficient (Wildman–Crippen LogP) is 10.8. The lowest BCUT2D eigenvalue weighted by atomic mass is 10.0. The van der Waals surface area contributed by atoms with Gasteiger partial charge < -0.3 is 8.98 Å². The van der Waals surface area contributed by atoms with Gasteiger partial charge in [0, 0.05) is 38.5 Å². The zero-order valence-corrected chi connectivity index (χ0v) is 24.6. The van der Waals surface area contributed by atoms with E-state index in [0.29, 0.717) is 11.4 Å². The highest BCUT2D eigenvalue weighted by Crippen LogP contribution is 2.40. The van der Waals surface area contributed by atoms with Crippen LogP contribution in [0.4, 0.5) is 0 Å². The summed E-state index contributed by atoms with van der Waals surface area (Å²) in [6.45, 7) is 2.09. The maximum Gasteiger partial charge on any atom is 0.180 e. The number of fused-ring (bicyclic) bond motifs is 6. The monoisotopic (exact) mass is 577 g/mol. The topological polar surface area (TPSA) is 43.9 Å². The van der Waals surface area contributed by atoms with Crippen molar-refractivity contribution in [3.05, 3.63) is 151 Å². The lowest BCUT2D eigenvalue weighted by Crippen LogP contribution is -1.94. The van der Waals surface area contributed by atoms with Crippen LogP contribution < -0.4 is 0 Å². The Hall–Kier alpha value is -6.00. The SMILES string of the molecule is Cc1cccc(-c2nc(-c3ccccc3)c3oc4c(-c5cccc(-n6c7ccccc7c7ccccc76)c5)cccc4c3n2)c1. The normalized spacial score (nSPS) is 11.7. The zero-order chi connectivity index (χ0) is 29.9. The van der Waals surface area contributed by atoms with Crippen molar-refractivity contribution in [2.75, 3.05) is 0 Å². The number of hydrogen-bond donors (Lipinski definition) is 0. The summed E-state index contributed by atoms with van der Waals surface area (Å²) in [7, 11) is 0. The summed E-state index contributed by atoms with van der Waals surface area (Å²) < 4.78 is 9.12. The fraction of sp³-hybridized carbons (Fsp3) is 0.0244. The lowest BCUT2D eigenvalue weighted by molar-refractivity contribution is 0.668. The van der Waals surface area contributed by atoms with Crippen molar-refractivity contribution in [1.82, 2.24) is 14.5 Å². The molecule has 0 N–H and O–H groups in total. The number of hydrogen-bond acceptors (Lipinski definition) is 3. The smallest absolute Gasteiger partial charge is 0.180 e. The third-order valence-corrected chi connectivity index (χ3v) is 8.66.